The van der Waals surface area contributed by atoms with E-state index in [1.165, 1.54) is 29.2 Å². The number of anilines is 1. The minimum absolute atomic E-state index is 0.0720. The average Bonchev–Trinajstić information content (AvgIpc) is 3.27. The van der Waals surface area contributed by atoms with Gasteiger partial charge in [-0.05, 0) is 61.1 Å². The molecule has 2 aromatic carbocycles. The summed E-state index contributed by atoms with van der Waals surface area (Å²) in [5, 5.41) is 3.09. The van der Waals surface area contributed by atoms with Crippen LogP contribution >= 0.6 is 12.2 Å². The first-order valence-corrected chi connectivity index (χ1v) is 9.93. The molecule has 0 bridgehead atoms. The zero-order valence-corrected chi connectivity index (χ0v) is 17.1. The third kappa shape index (κ3) is 3.93. The molecule has 2 amide bonds. The lowest BCUT2D eigenvalue weighted by Gasteiger charge is -2.24. The second-order valence-corrected chi connectivity index (χ2v) is 7.32. The van der Waals surface area contributed by atoms with E-state index in [1.807, 2.05) is 25.1 Å². The summed E-state index contributed by atoms with van der Waals surface area (Å²) in [5.41, 5.74) is 1.35. The van der Waals surface area contributed by atoms with E-state index in [1.54, 1.807) is 4.90 Å². The van der Waals surface area contributed by atoms with E-state index in [2.05, 4.69) is 5.32 Å². The quantitative estimate of drug-likeness (QED) is 0.712. The molecule has 0 spiro atoms. The molecule has 0 radical (unpaired) electrons. The molecule has 4 rings (SSSR count). The Bertz CT molecular complexity index is 998. The van der Waals surface area contributed by atoms with Gasteiger partial charge >= 0.3 is 0 Å². The van der Waals surface area contributed by atoms with E-state index in [0.29, 0.717) is 35.4 Å². The van der Waals surface area contributed by atoms with Gasteiger partial charge in [0.05, 0.1) is 6.42 Å². The van der Waals surface area contributed by atoms with Gasteiger partial charge in [0.15, 0.2) is 16.6 Å². The van der Waals surface area contributed by atoms with Gasteiger partial charge in [-0.3, -0.25) is 14.5 Å². The Balaban J connectivity index is 1.51. The largest absolute Gasteiger partial charge is 0.454 e. The van der Waals surface area contributed by atoms with Crippen molar-refractivity contribution in [3.8, 4) is 11.5 Å². The molecule has 1 fully saturated rings. The Hall–Kier alpha value is -3.20. The first-order chi connectivity index (χ1) is 14.5. The van der Waals surface area contributed by atoms with Crippen LogP contribution in [0.3, 0.4) is 0 Å². The SMILES string of the molecule is CCN1C(=O)[C@H](CC(=O)Nc2ccc(F)cc2)N(Cc2ccc3c(c2)OCO3)C1=S. The lowest BCUT2D eigenvalue weighted by molar-refractivity contribution is -0.130. The lowest BCUT2D eigenvalue weighted by Crippen LogP contribution is -2.37. The van der Waals surface area contributed by atoms with E-state index >= 15 is 0 Å². The molecule has 0 aliphatic carbocycles. The smallest absolute Gasteiger partial charge is 0.252 e. The summed E-state index contributed by atoms with van der Waals surface area (Å²) in [6.07, 6.45) is -0.0720. The fourth-order valence-electron chi connectivity index (χ4n) is 3.52. The summed E-state index contributed by atoms with van der Waals surface area (Å²) in [4.78, 5) is 28.7. The number of nitrogens with one attached hydrogen (secondary N) is 1. The van der Waals surface area contributed by atoms with Gasteiger partial charge in [-0.25, -0.2) is 4.39 Å². The molecule has 1 saturated heterocycles. The van der Waals surface area contributed by atoms with Gasteiger partial charge in [0.25, 0.3) is 5.91 Å². The van der Waals surface area contributed by atoms with E-state index < -0.39 is 11.9 Å². The van der Waals surface area contributed by atoms with Crippen molar-refractivity contribution in [3.05, 3.63) is 53.8 Å². The second kappa shape index (κ2) is 8.27. The van der Waals surface area contributed by atoms with Crippen molar-refractivity contribution >= 4 is 34.8 Å². The number of carbonyl (C=O) groups excluding carboxylic acids is 2. The Kier molecular flexibility index (Phi) is 5.54. The summed E-state index contributed by atoms with van der Waals surface area (Å²) in [6, 6.07) is 10.3. The first-order valence-electron chi connectivity index (χ1n) is 9.52. The van der Waals surface area contributed by atoms with Gasteiger partial charge in [-0.2, -0.15) is 0 Å². The minimum Gasteiger partial charge on any atom is -0.454 e. The number of halogens is 1. The molecular weight excluding hydrogens is 409 g/mol. The van der Waals surface area contributed by atoms with Gasteiger partial charge < -0.3 is 19.7 Å². The van der Waals surface area contributed by atoms with E-state index in [9.17, 15) is 14.0 Å². The van der Waals surface area contributed by atoms with Gasteiger partial charge in [0, 0.05) is 18.8 Å². The highest BCUT2D eigenvalue weighted by molar-refractivity contribution is 7.80. The summed E-state index contributed by atoms with van der Waals surface area (Å²) in [5.74, 6) is 0.359. The molecular formula is C21H20FN3O4S. The van der Waals surface area contributed by atoms with Crippen LogP contribution in [0.15, 0.2) is 42.5 Å². The maximum Gasteiger partial charge on any atom is 0.252 e. The summed E-state index contributed by atoms with van der Waals surface area (Å²) < 4.78 is 23.8. The Morgan fingerprint density at radius 1 is 1.20 bits per heavy atom. The van der Waals surface area contributed by atoms with Crippen molar-refractivity contribution in [1.82, 2.24) is 9.80 Å². The van der Waals surface area contributed by atoms with Gasteiger partial charge in [-0.15, -0.1) is 0 Å². The number of fused-ring (bicyclic) bond motifs is 1. The van der Waals surface area contributed by atoms with Crippen LogP contribution in [-0.4, -0.2) is 46.1 Å². The maximum atomic E-state index is 13.1. The van der Waals surface area contributed by atoms with Crippen LogP contribution in [0.1, 0.15) is 18.9 Å². The van der Waals surface area contributed by atoms with Crippen molar-refractivity contribution in [3.63, 3.8) is 0 Å². The van der Waals surface area contributed by atoms with Crippen LogP contribution in [0.25, 0.3) is 0 Å². The highest BCUT2D eigenvalue weighted by atomic mass is 32.1. The number of ether oxygens (including phenoxy) is 2. The highest BCUT2D eigenvalue weighted by Crippen LogP contribution is 2.33. The van der Waals surface area contributed by atoms with E-state index in [0.717, 1.165) is 5.56 Å². The molecule has 7 nitrogen and oxygen atoms in total. The predicted octanol–water partition coefficient (Wildman–Crippen LogP) is 2.90. The third-order valence-electron chi connectivity index (χ3n) is 5.02. The number of carbonyl (C=O) groups is 2. The van der Waals surface area contributed by atoms with Crippen LogP contribution in [0.4, 0.5) is 10.1 Å². The topological polar surface area (TPSA) is 71.1 Å². The normalized spacial score (nSPS) is 17.6. The van der Waals surface area contributed by atoms with E-state index in [-0.39, 0.29) is 25.0 Å². The van der Waals surface area contributed by atoms with Crippen LogP contribution in [0, 0.1) is 5.82 Å². The molecule has 2 aromatic rings. The number of nitrogens with zero attached hydrogens (tertiary/aromatic N) is 2. The Labute approximate surface area is 178 Å². The van der Waals surface area contributed by atoms with Gasteiger partial charge in [0.1, 0.15) is 11.9 Å². The second-order valence-electron chi connectivity index (χ2n) is 6.96. The van der Waals surface area contributed by atoms with Crippen LogP contribution < -0.4 is 14.8 Å². The molecule has 30 heavy (non-hydrogen) atoms. The molecule has 156 valence electrons. The highest BCUT2D eigenvalue weighted by Gasteiger charge is 2.42. The third-order valence-corrected chi connectivity index (χ3v) is 5.47. The van der Waals surface area contributed by atoms with Crippen molar-refractivity contribution in [2.24, 2.45) is 0 Å². The fraction of sp³-hybridized carbons (Fsp3) is 0.286. The number of thiocarbonyl (C=S) groups is 1. The molecule has 2 heterocycles. The number of benzene rings is 2. The molecule has 0 saturated carbocycles. The van der Waals surface area contributed by atoms with Crippen LogP contribution in [0.5, 0.6) is 11.5 Å². The zero-order chi connectivity index (χ0) is 21.3. The number of amides is 2. The zero-order valence-electron chi connectivity index (χ0n) is 16.3. The van der Waals surface area contributed by atoms with Gasteiger partial charge in [0.2, 0.25) is 12.7 Å². The van der Waals surface area contributed by atoms with Crippen LogP contribution in [-0.2, 0) is 16.1 Å². The van der Waals surface area contributed by atoms with Crippen molar-refractivity contribution in [2.45, 2.75) is 25.9 Å². The summed E-state index contributed by atoms with van der Waals surface area (Å²) in [7, 11) is 0. The van der Waals surface area contributed by atoms with Crippen LogP contribution in [0.2, 0.25) is 0 Å². The molecule has 2 aliphatic heterocycles. The number of hydrogen-bond acceptors (Lipinski definition) is 5. The Morgan fingerprint density at radius 2 is 1.93 bits per heavy atom. The molecule has 1 atom stereocenters. The van der Waals surface area contributed by atoms with Crippen molar-refractivity contribution < 1.29 is 23.5 Å². The van der Waals surface area contributed by atoms with E-state index in [4.69, 9.17) is 21.7 Å². The van der Waals surface area contributed by atoms with Crippen molar-refractivity contribution in [2.75, 3.05) is 18.7 Å². The molecule has 2 aliphatic rings. The fourth-order valence-corrected chi connectivity index (χ4v) is 3.93. The molecule has 0 unspecified atom stereocenters. The standard InChI is InChI=1S/C21H20FN3O4S/c1-2-24-20(27)16(10-19(26)23-15-6-4-14(22)5-7-15)25(21(24)30)11-13-3-8-17-18(9-13)29-12-28-17/h3-9,16H,2,10-12H2,1H3,(H,23,26)/t16-/m0/s1. The lowest BCUT2D eigenvalue weighted by atomic mass is 10.1. The molecule has 1 N–H and O–H groups in total. The molecule has 0 aromatic heterocycles. The average molecular weight is 429 g/mol. The number of likely N-dealkylation sites (N-methyl/N-ethyl adjacent to an activating group) is 1. The predicted molar refractivity (Wildman–Crippen MR) is 112 cm³/mol. The summed E-state index contributed by atoms with van der Waals surface area (Å²) >= 11 is 5.51. The summed E-state index contributed by atoms with van der Waals surface area (Å²) in [6.45, 7) is 2.79. The number of rotatable bonds is 6. The minimum atomic E-state index is -0.719. The van der Waals surface area contributed by atoms with Gasteiger partial charge in [-0.1, -0.05) is 6.07 Å². The number of hydrogen-bond donors (Lipinski definition) is 1. The Morgan fingerprint density at radius 3 is 2.67 bits per heavy atom. The maximum absolute atomic E-state index is 13.1. The monoisotopic (exact) mass is 429 g/mol. The van der Waals surface area contributed by atoms with Crippen molar-refractivity contribution in [1.29, 1.82) is 0 Å². The first kappa shape index (κ1) is 20.1. The molecule has 9 heteroatoms.